The summed E-state index contributed by atoms with van der Waals surface area (Å²) in [5.41, 5.74) is -0.0399. The van der Waals surface area contributed by atoms with Gasteiger partial charge in [0.2, 0.25) is 18.1 Å². The molecule has 0 radical (unpaired) electrons. The van der Waals surface area contributed by atoms with E-state index in [1.807, 2.05) is 0 Å². The first kappa shape index (κ1) is 28.0. The Kier molecular flexibility index (Phi) is 9.95. The molecule has 13 nitrogen and oxygen atoms in total. The van der Waals surface area contributed by atoms with Crippen LogP contribution in [-0.2, 0) is 48.2 Å². The summed E-state index contributed by atoms with van der Waals surface area (Å²) in [5.74, 6) is -3.31. The quantitative estimate of drug-likeness (QED) is 0.141. The number of rotatable bonds is 9. The lowest BCUT2D eigenvalue weighted by Crippen LogP contribution is -2.63. The molecule has 1 aromatic carbocycles. The molecule has 1 aliphatic rings. The number of nitrogens with zero attached hydrogens (tertiary/aromatic N) is 1. The van der Waals surface area contributed by atoms with Crippen molar-refractivity contribution < 1.29 is 52.5 Å². The van der Waals surface area contributed by atoms with Gasteiger partial charge in [-0.15, -0.1) is 0 Å². The summed E-state index contributed by atoms with van der Waals surface area (Å²) in [6.07, 6.45) is -7.19. The lowest BCUT2D eigenvalue weighted by molar-refractivity contribution is -0.387. The third-order valence-electron chi connectivity index (χ3n) is 4.60. The first-order valence-electron chi connectivity index (χ1n) is 10.2. The minimum Gasteiger partial charge on any atom is -0.463 e. The Labute approximate surface area is 208 Å². The second-order valence-corrected chi connectivity index (χ2v) is 7.90. The molecular weight excluding hydrogens is 538 g/mol. The third kappa shape index (κ3) is 7.62. The lowest BCUT2D eigenvalue weighted by atomic mass is 9.98. The van der Waals surface area contributed by atoms with Gasteiger partial charge in [-0.3, -0.25) is 29.3 Å². The highest BCUT2D eigenvalue weighted by molar-refractivity contribution is 9.08. The Morgan fingerprint density at radius 1 is 0.943 bits per heavy atom. The number of nitro benzene ring substituents is 1. The number of nitro groups is 1. The predicted octanol–water partition coefficient (Wildman–Crippen LogP) is 1.95. The first-order valence-corrected chi connectivity index (χ1v) is 11.4. The molecule has 1 fully saturated rings. The summed E-state index contributed by atoms with van der Waals surface area (Å²) >= 11 is 3.23. The summed E-state index contributed by atoms with van der Waals surface area (Å²) in [6.45, 7) is 3.92. The van der Waals surface area contributed by atoms with Crippen molar-refractivity contribution in [3.8, 4) is 5.75 Å². The molecule has 14 heteroatoms. The van der Waals surface area contributed by atoms with Crippen LogP contribution in [0.25, 0.3) is 0 Å². The van der Waals surface area contributed by atoms with Crippen LogP contribution in [0.15, 0.2) is 18.2 Å². The number of carbonyl (C=O) groups is 4. The summed E-state index contributed by atoms with van der Waals surface area (Å²) in [4.78, 5) is 57.9. The molecule has 0 aliphatic carbocycles. The molecule has 0 amide bonds. The predicted molar refractivity (Wildman–Crippen MR) is 118 cm³/mol. The van der Waals surface area contributed by atoms with Crippen molar-refractivity contribution in [2.75, 3.05) is 6.61 Å². The zero-order valence-corrected chi connectivity index (χ0v) is 20.8. The number of esters is 4. The van der Waals surface area contributed by atoms with E-state index in [4.69, 9.17) is 28.4 Å². The molecule has 0 spiro atoms. The minimum atomic E-state index is -1.59. The van der Waals surface area contributed by atoms with E-state index in [-0.39, 0.29) is 11.1 Å². The van der Waals surface area contributed by atoms with Crippen molar-refractivity contribution in [2.45, 2.75) is 63.7 Å². The molecule has 0 bridgehead atoms. The normalized spacial score (nSPS) is 23.5. The average Bonchev–Trinajstić information content (AvgIpc) is 2.75. The van der Waals surface area contributed by atoms with E-state index in [9.17, 15) is 29.3 Å². The number of benzene rings is 1. The first-order chi connectivity index (χ1) is 16.4. The van der Waals surface area contributed by atoms with Gasteiger partial charge in [-0.2, -0.15) is 0 Å². The molecular formula is C21H24BrNO12. The van der Waals surface area contributed by atoms with Crippen molar-refractivity contribution >= 4 is 45.5 Å². The molecule has 1 heterocycles. The van der Waals surface area contributed by atoms with Gasteiger partial charge in [0, 0.05) is 44.7 Å². The van der Waals surface area contributed by atoms with Crippen LogP contribution in [0, 0.1) is 10.1 Å². The summed E-state index contributed by atoms with van der Waals surface area (Å²) in [7, 11) is 0. The van der Waals surface area contributed by atoms with Crippen LogP contribution in [0.1, 0.15) is 33.3 Å². The molecule has 0 N–H and O–H groups in total. The van der Waals surface area contributed by atoms with Crippen molar-refractivity contribution in [1.82, 2.24) is 0 Å². The van der Waals surface area contributed by atoms with E-state index in [2.05, 4.69) is 15.9 Å². The fraction of sp³-hybridized carbons (Fsp3) is 0.524. The molecule has 0 unspecified atom stereocenters. The van der Waals surface area contributed by atoms with Gasteiger partial charge < -0.3 is 28.4 Å². The van der Waals surface area contributed by atoms with Crippen molar-refractivity contribution in [3.05, 3.63) is 33.9 Å². The van der Waals surface area contributed by atoms with Crippen LogP contribution in [0.5, 0.6) is 5.75 Å². The molecule has 0 aromatic heterocycles. The highest BCUT2D eigenvalue weighted by atomic mass is 79.9. The van der Waals surface area contributed by atoms with Gasteiger partial charge in [0.15, 0.2) is 12.2 Å². The highest BCUT2D eigenvalue weighted by Crippen LogP contribution is 2.37. The maximum Gasteiger partial charge on any atom is 0.311 e. The topological polar surface area (TPSA) is 167 Å². The molecule has 0 saturated carbocycles. The zero-order valence-electron chi connectivity index (χ0n) is 19.3. The van der Waals surface area contributed by atoms with Crippen molar-refractivity contribution in [2.24, 2.45) is 0 Å². The third-order valence-corrected chi connectivity index (χ3v) is 5.20. The molecule has 1 saturated heterocycles. The van der Waals surface area contributed by atoms with E-state index < -0.39 is 71.8 Å². The number of para-hydroxylation sites is 1. The Morgan fingerprint density at radius 2 is 1.51 bits per heavy atom. The highest BCUT2D eigenvalue weighted by Gasteiger charge is 2.53. The molecule has 1 aromatic rings. The SMILES string of the molecule is CC(=O)OC[C@H]1O[C@H](Oc2c(CBr)cccc2[N+](=O)[O-])[C@H](OC(C)=O)[C@@H](OC(C)=O)[C@@H]1OC(C)=O. The van der Waals surface area contributed by atoms with Crippen LogP contribution >= 0.6 is 15.9 Å². The van der Waals surface area contributed by atoms with Gasteiger partial charge in [-0.05, 0) is 0 Å². The second kappa shape index (κ2) is 12.4. The fourth-order valence-corrected chi connectivity index (χ4v) is 3.80. The van der Waals surface area contributed by atoms with Crippen LogP contribution in [-0.4, -0.2) is 66.1 Å². The zero-order chi connectivity index (χ0) is 26.3. The molecule has 192 valence electrons. The summed E-state index contributed by atoms with van der Waals surface area (Å²) in [5, 5.41) is 11.8. The number of ether oxygens (including phenoxy) is 6. The molecule has 35 heavy (non-hydrogen) atoms. The van der Waals surface area contributed by atoms with E-state index in [0.717, 1.165) is 27.7 Å². The standard InChI is InChI=1S/C21H24BrNO12/c1-10(24)30-9-16-18(31-11(2)25)19(32-12(3)26)20(33-13(4)27)21(34-16)35-17-14(8-22)6-5-7-15(17)23(28)29/h5-7,16,18-21H,8-9H2,1-4H3/t16-,18-,19+,20-,21-/m1/s1. The second-order valence-electron chi connectivity index (χ2n) is 7.34. The maximum absolute atomic E-state index is 11.9. The Morgan fingerprint density at radius 3 is 2.03 bits per heavy atom. The van der Waals surface area contributed by atoms with Crippen LogP contribution < -0.4 is 4.74 Å². The van der Waals surface area contributed by atoms with E-state index in [0.29, 0.717) is 5.56 Å². The number of halogens is 1. The van der Waals surface area contributed by atoms with Gasteiger partial charge in [0.25, 0.3) is 0 Å². The number of hydrogen-bond donors (Lipinski definition) is 0. The van der Waals surface area contributed by atoms with E-state index in [1.165, 1.54) is 12.1 Å². The van der Waals surface area contributed by atoms with Crippen LogP contribution in [0.4, 0.5) is 5.69 Å². The van der Waals surface area contributed by atoms with Crippen molar-refractivity contribution in [3.63, 3.8) is 0 Å². The largest absolute Gasteiger partial charge is 0.463 e. The van der Waals surface area contributed by atoms with E-state index in [1.54, 1.807) is 6.07 Å². The van der Waals surface area contributed by atoms with Gasteiger partial charge in [0.1, 0.15) is 12.7 Å². The van der Waals surface area contributed by atoms with Crippen molar-refractivity contribution in [1.29, 1.82) is 0 Å². The molecule has 2 rings (SSSR count). The van der Waals surface area contributed by atoms with Gasteiger partial charge >= 0.3 is 29.6 Å². The molecule has 5 atom stereocenters. The van der Waals surface area contributed by atoms with Gasteiger partial charge in [0.05, 0.1) is 4.92 Å². The van der Waals surface area contributed by atoms with Gasteiger partial charge in [-0.25, -0.2) is 0 Å². The monoisotopic (exact) mass is 561 g/mol. The lowest BCUT2D eigenvalue weighted by Gasteiger charge is -2.43. The van der Waals surface area contributed by atoms with E-state index >= 15 is 0 Å². The molecule has 1 aliphatic heterocycles. The Bertz CT molecular complexity index is 983. The van der Waals surface area contributed by atoms with Crippen LogP contribution in [0.2, 0.25) is 0 Å². The smallest absolute Gasteiger partial charge is 0.311 e. The number of carbonyl (C=O) groups excluding carboxylic acids is 4. The maximum atomic E-state index is 11.9. The fourth-order valence-electron chi connectivity index (χ4n) is 3.36. The Balaban J connectivity index is 2.60. The number of alkyl halides is 1. The summed E-state index contributed by atoms with van der Waals surface area (Å²) < 4.78 is 32.6. The van der Waals surface area contributed by atoms with Gasteiger partial charge in [-0.1, -0.05) is 28.1 Å². The average molecular weight is 562 g/mol. The minimum absolute atomic E-state index is 0.162. The Hall–Kier alpha value is -3.26. The number of hydrogen-bond acceptors (Lipinski definition) is 12. The van der Waals surface area contributed by atoms with Crippen LogP contribution in [0.3, 0.4) is 0 Å². The summed E-state index contributed by atoms with van der Waals surface area (Å²) in [6, 6.07) is 4.21.